The molecule has 0 fully saturated rings. The van der Waals surface area contributed by atoms with Crippen molar-refractivity contribution in [3.63, 3.8) is 0 Å². The van der Waals surface area contributed by atoms with Crippen molar-refractivity contribution in [1.82, 2.24) is 24.7 Å². The Labute approximate surface area is 164 Å². The number of aliphatic hydroxyl groups is 1. The molecule has 0 bridgehead atoms. The van der Waals surface area contributed by atoms with Gasteiger partial charge in [-0.05, 0) is 19.1 Å². The molecular formula is C18H19F2N5O4. The van der Waals surface area contributed by atoms with Gasteiger partial charge in [0.2, 0.25) is 12.2 Å². The van der Waals surface area contributed by atoms with Gasteiger partial charge < -0.3 is 19.3 Å². The monoisotopic (exact) mass is 407 g/mol. The standard InChI is InChI=1S/C18H19F2N5O4/c1-3-28-16-14(11-5-4-6-13(7-11)29-18(19)20)24-12(8-21-16)9-25-15(17(26)27-2)22-10-23-25/h4-8,10,17-18,26H,3,9H2,1-2H3. The van der Waals surface area contributed by atoms with E-state index in [-0.39, 0.29) is 24.0 Å². The summed E-state index contributed by atoms with van der Waals surface area (Å²) < 4.78 is 41.3. The lowest BCUT2D eigenvalue weighted by molar-refractivity contribution is -0.0854. The van der Waals surface area contributed by atoms with Crippen molar-refractivity contribution in [2.24, 2.45) is 0 Å². The summed E-state index contributed by atoms with van der Waals surface area (Å²) in [5.74, 6) is 0.451. The van der Waals surface area contributed by atoms with E-state index in [4.69, 9.17) is 9.47 Å². The molecule has 0 amide bonds. The molecular weight excluding hydrogens is 388 g/mol. The fraction of sp³-hybridized carbons (Fsp3) is 0.333. The van der Waals surface area contributed by atoms with Crippen LogP contribution in [0.2, 0.25) is 0 Å². The molecule has 0 aliphatic heterocycles. The summed E-state index contributed by atoms with van der Waals surface area (Å²) in [5, 5.41) is 13.9. The number of methoxy groups -OCH3 is 1. The molecule has 2 heterocycles. The number of nitrogens with zero attached hydrogens (tertiary/aromatic N) is 5. The van der Waals surface area contributed by atoms with Crippen molar-refractivity contribution in [2.75, 3.05) is 13.7 Å². The quantitative estimate of drug-likeness (QED) is 0.540. The average Bonchev–Trinajstić information content (AvgIpc) is 3.16. The Kier molecular flexibility index (Phi) is 6.62. The normalized spacial score (nSPS) is 12.2. The van der Waals surface area contributed by atoms with E-state index in [0.717, 1.165) is 0 Å². The number of benzene rings is 1. The highest BCUT2D eigenvalue weighted by molar-refractivity contribution is 5.66. The van der Waals surface area contributed by atoms with Crippen molar-refractivity contribution in [1.29, 1.82) is 0 Å². The minimum atomic E-state index is -2.94. The van der Waals surface area contributed by atoms with Crippen LogP contribution < -0.4 is 9.47 Å². The second kappa shape index (κ2) is 9.34. The SMILES string of the molecule is CCOc1ncc(Cn2ncnc2C(O)OC)nc1-c1cccc(OC(F)F)c1. The predicted molar refractivity (Wildman–Crippen MR) is 96.4 cm³/mol. The maximum atomic E-state index is 12.5. The van der Waals surface area contributed by atoms with Gasteiger partial charge in [0.1, 0.15) is 17.8 Å². The minimum absolute atomic E-state index is 0.00562. The number of hydrogen-bond donors (Lipinski definition) is 1. The molecule has 0 spiro atoms. The molecule has 0 saturated heterocycles. The summed E-state index contributed by atoms with van der Waals surface area (Å²) in [4.78, 5) is 12.8. The summed E-state index contributed by atoms with van der Waals surface area (Å²) in [6, 6.07) is 6.10. The first-order chi connectivity index (χ1) is 14.0. The highest BCUT2D eigenvalue weighted by Gasteiger charge is 2.17. The van der Waals surface area contributed by atoms with E-state index in [0.29, 0.717) is 23.6 Å². The number of alkyl halides is 2. The number of hydrogen-bond acceptors (Lipinski definition) is 8. The zero-order valence-corrected chi connectivity index (χ0v) is 15.7. The zero-order valence-electron chi connectivity index (χ0n) is 15.7. The van der Waals surface area contributed by atoms with Crippen molar-refractivity contribution < 1.29 is 28.1 Å². The van der Waals surface area contributed by atoms with Gasteiger partial charge in [0.15, 0.2) is 5.82 Å². The maximum Gasteiger partial charge on any atom is 0.387 e. The fourth-order valence-corrected chi connectivity index (χ4v) is 2.59. The van der Waals surface area contributed by atoms with Gasteiger partial charge in [0.25, 0.3) is 0 Å². The number of aromatic nitrogens is 5. The largest absolute Gasteiger partial charge is 0.476 e. The maximum absolute atomic E-state index is 12.5. The number of rotatable bonds is 9. The van der Waals surface area contributed by atoms with Crippen LogP contribution >= 0.6 is 0 Å². The Hall–Kier alpha value is -3.18. The molecule has 0 aliphatic carbocycles. The number of halogens is 2. The summed E-state index contributed by atoms with van der Waals surface area (Å²) in [5.41, 5.74) is 1.34. The first kappa shape index (κ1) is 20.6. The number of ether oxygens (including phenoxy) is 3. The topological polar surface area (TPSA) is 104 Å². The molecule has 29 heavy (non-hydrogen) atoms. The minimum Gasteiger partial charge on any atom is -0.476 e. The summed E-state index contributed by atoms with van der Waals surface area (Å²) in [6.07, 6.45) is 1.54. The van der Waals surface area contributed by atoms with Gasteiger partial charge in [-0.25, -0.2) is 19.6 Å². The third kappa shape index (κ3) is 5.00. The van der Waals surface area contributed by atoms with Crippen molar-refractivity contribution in [2.45, 2.75) is 26.4 Å². The Balaban J connectivity index is 1.96. The lowest BCUT2D eigenvalue weighted by atomic mass is 10.1. The smallest absolute Gasteiger partial charge is 0.387 e. The predicted octanol–water partition coefficient (Wildman–Crippen LogP) is 2.42. The van der Waals surface area contributed by atoms with E-state index in [1.807, 2.05) is 0 Å². The molecule has 1 atom stereocenters. The fourth-order valence-electron chi connectivity index (χ4n) is 2.59. The number of aliphatic hydroxyl groups excluding tert-OH is 1. The Morgan fingerprint density at radius 3 is 2.79 bits per heavy atom. The van der Waals surface area contributed by atoms with Gasteiger partial charge >= 0.3 is 6.61 Å². The molecule has 1 aromatic carbocycles. The van der Waals surface area contributed by atoms with Crippen LogP contribution in [0.25, 0.3) is 11.3 Å². The molecule has 154 valence electrons. The Morgan fingerprint density at radius 2 is 2.07 bits per heavy atom. The van der Waals surface area contributed by atoms with E-state index in [1.54, 1.807) is 19.1 Å². The van der Waals surface area contributed by atoms with Crippen LogP contribution in [0.1, 0.15) is 24.7 Å². The van der Waals surface area contributed by atoms with E-state index >= 15 is 0 Å². The van der Waals surface area contributed by atoms with Gasteiger partial charge in [-0.1, -0.05) is 12.1 Å². The van der Waals surface area contributed by atoms with Gasteiger partial charge in [0.05, 0.1) is 25.0 Å². The van der Waals surface area contributed by atoms with Crippen molar-refractivity contribution >= 4 is 0 Å². The van der Waals surface area contributed by atoms with Gasteiger partial charge in [-0.2, -0.15) is 13.9 Å². The highest BCUT2D eigenvalue weighted by Crippen LogP contribution is 2.29. The second-order valence-electron chi connectivity index (χ2n) is 5.72. The highest BCUT2D eigenvalue weighted by atomic mass is 19.3. The van der Waals surface area contributed by atoms with Gasteiger partial charge in [0, 0.05) is 12.7 Å². The summed E-state index contributed by atoms with van der Waals surface area (Å²) >= 11 is 0. The molecule has 0 radical (unpaired) electrons. The first-order valence-corrected chi connectivity index (χ1v) is 8.64. The Morgan fingerprint density at radius 1 is 1.24 bits per heavy atom. The summed E-state index contributed by atoms with van der Waals surface area (Å²) in [6.45, 7) is -0.646. The third-order valence-corrected chi connectivity index (χ3v) is 3.80. The zero-order chi connectivity index (χ0) is 20.8. The van der Waals surface area contributed by atoms with Crippen LogP contribution in [0.4, 0.5) is 8.78 Å². The lowest BCUT2D eigenvalue weighted by Crippen LogP contribution is -2.14. The van der Waals surface area contributed by atoms with Crippen LogP contribution in [0.15, 0.2) is 36.8 Å². The van der Waals surface area contributed by atoms with Gasteiger partial charge in [-0.15, -0.1) is 0 Å². The van der Waals surface area contributed by atoms with Gasteiger partial charge in [-0.3, -0.25) is 0 Å². The van der Waals surface area contributed by atoms with Crippen LogP contribution in [0.3, 0.4) is 0 Å². The third-order valence-electron chi connectivity index (χ3n) is 3.80. The van der Waals surface area contributed by atoms with E-state index in [2.05, 4.69) is 24.8 Å². The van der Waals surface area contributed by atoms with Crippen molar-refractivity contribution in [3.8, 4) is 22.9 Å². The lowest BCUT2D eigenvalue weighted by Gasteiger charge is -2.13. The molecule has 1 N–H and O–H groups in total. The second-order valence-corrected chi connectivity index (χ2v) is 5.72. The van der Waals surface area contributed by atoms with Crippen LogP contribution in [0.5, 0.6) is 11.6 Å². The van der Waals surface area contributed by atoms with E-state index < -0.39 is 12.9 Å². The molecule has 2 aromatic heterocycles. The Bertz CT molecular complexity index is 954. The molecule has 3 aromatic rings. The molecule has 0 aliphatic rings. The average molecular weight is 407 g/mol. The van der Waals surface area contributed by atoms with Crippen LogP contribution in [-0.2, 0) is 11.3 Å². The van der Waals surface area contributed by atoms with Crippen LogP contribution in [0, 0.1) is 0 Å². The molecule has 11 heteroatoms. The molecule has 1 unspecified atom stereocenters. The molecule has 0 saturated carbocycles. The first-order valence-electron chi connectivity index (χ1n) is 8.64. The van der Waals surface area contributed by atoms with Crippen LogP contribution in [-0.4, -0.2) is 50.2 Å². The molecule has 9 nitrogen and oxygen atoms in total. The summed E-state index contributed by atoms with van der Waals surface area (Å²) in [7, 11) is 1.34. The van der Waals surface area contributed by atoms with Crippen molar-refractivity contribution in [3.05, 3.63) is 48.3 Å². The van der Waals surface area contributed by atoms with E-state index in [1.165, 1.54) is 36.4 Å². The van der Waals surface area contributed by atoms with E-state index in [9.17, 15) is 13.9 Å². The molecule has 3 rings (SSSR count).